The lowest BCUT2D eigenvalue weighted by atomic mass is 10.1. The van der Waals surface area contributed by atoms with Crippen LogP contribution in [0, 0.1) is 0 Å². The van der Waals surface area contributed by atoms with Gasteiger partial charge in [0.05, 0.1) is 7.11 Å². The average Bonchev–Trinajstić information content (AvgIpc) is 2.41. The Morgan fingerprint density at radius 2 is 1.68 bits per heavy atom. The first-order chi connectivity index (χ1) is 9.17. The van der Waals surface area contributed by atoms with E-state index in [2.05, 4.69) is 6.92 Å². The summed E-state index contributed by atoms with van der Waals surface area (Å²) in [4.78, 5) is 0. The highest BCUT2D eigenvalue weighted by atomic mass is 16.5. The van der Waals surface area contributed by atoms with Crippen LogP contribution in [0.2, 0.25) is 0 Å². The number of phenolic OH excluding ortho intramolecular Hbond substituents is 2. The van der Waals surface area contributed by atoms with Gasteiger partial charge >= 0.3 is 0 Å². The van der Waals surface area contributed by atoms with Crippen molar-refractivity contribution in [3.05, 3.63) is 54.1 Å². The van der Waals surface area contributed by atoms with Crippen LogP contribution in [0.1, 0.15) is 18.9 Å². The Kier molecular flexibility index (Phi) is 6.30. The van der Waals surface area contributed by atoms with Crippen molar-refractivity contribution in [1.82, 2.24) is 0 Å². The lowest BCUT2D eigenvalue weighted by molar-refractivity contribution is 0.373. The minimum absolute atomic E-state index is 0.225. The molecule has 0 radical (unpaired) electrons. The minimum atomic E-state index is 0.225. The molecule has 0 aliphatic rings. The van der Waals surface area contributed by atoms with Gasteiger partial charge in [-0.15, -0.1) is 0 Å². The molecule has 0 saturated carbocycles. The second-order valence-electron chi connectivity index (χ2n) is 4.09. The summed E-state index contributed by atoms with van der Waals surface area (Å²) in [7, 11) is 1.55. The van der Waals surface area contributed by atoms with Crippen LogP contribution in [0.25, 0.3) is 0 Å². The van der Waals surface area contributed by atoms with Crippen LogP contribution in [0.4, 0.5) is 0 Å². The van der Waals surface area contributed by atoms with E-state index in [-0.39, 0.29) is 5.75 Å². The van der Waals surface area contributed by atoms with E-state index < -0.39 is 0 Å². The van der Waals surface area contributed by atoms with E-state index in [1.54, 1.807) is 43.5 Å². The molecule has 2 aromatic carbocycles. The monoisotopic (exact) mass is 260 g/mol. The molecule has 2 N–H and O–H groups in total. The van der Waals surface area contributed by atoms with Crippen LogP contribution in [0.5, 0.6) is 17.2 Å². The summed E-state index contributed by atoms with van der Waals surface area (Å²) in [6, 6.07) is 14.2. The predicted molar refractivity (Wildman–Crippen MR) is 76.8 cm³/mol. The summed E-state index contributed by atoms with van der Waals surface area (Å²) in [6.07, 6.45) is 2.09. The van der Waals surface area contributed by atoms with E-state index in [9.17, 15) is 5.11 Å². The number of rotatable bonds is 3. The van der Waals surface area contributed by atoms with Gasteiger partial charge in [-0.05, 0) is 36.2 Å². The zero-order valence-corrected chi connectivity index (χ0v) is 11.3. The van der Waals surface area contributed by atoms with Crippen LogP contribution >= 0.6 is 0 Å². The average molecular weight is 260 g/mol. The first-order valence-corrected chi connectivity index (χ1v) is 6.27. The second-order valence-corrected chi connectivity index (χ2v) is 4.09. The van der Waals surface area contributed by atoms with Crippen LogP contribution in [0.15, 0.2) is 48.5 Å². The molecule has 2 rings (SSSR count). The molecular formula is C16H20O3. The lowest BCUT2D eigenvalue weighted by Crippen LogP contribution is -1.86. The maximum atomic E-state index is 9.39. The highest BCUT2D eigenvalue weighted by Crippen LogP contribution is 2.26. The van der Waals surface area contributed by atoms with Gasteiger partial charge in [0.2, 0.25) is 0 Å². The third kappa shape index (κ3) is 5.34. The van der Waals surface area contributed by atoms with E-state index in [0.29, 0.717) is 11.5 Å². The normalized spacial score (nSPS) is 9.37. The Bertz CT molecular complexity index is 481. The molecule has 102 valence electrons. The van der Waals surface area contributed by atoms with Crippen molar-refractivity contribution in [2.24, 2.45) is 0 Å². The number of methoxy groups -OCH3 is 1. The van der Waals surface area contributed by atoms with Crippen molar-refractivity contribution in [2.45, 2.75) is 19.8 Å². The molecule has 3 heteroatoms. The topological polar surface area (TPSA) is 49.7 Å². The standard InChI is InChI=1S/C10H14O2.C6H6O/c1-3-4-8-5-6-10(12-2)9(11)7-8;7-6-4-2-1-3-5-6/h5-7,11H,3-4H2,1-2H3;1-5,7H. The van der Waals surface area contributed by atoms with Crippen molar-refractivity contribution in [2.75, 3.05) is 7.11 Å². The minimum Gasteiger partial charge on any atom is -0.508 e. The highest BCUT2D eigenvalue weighted by molar-refractivity contribution is 5.41. The largest absolute Gasteiger partial charge is 0.508 e. The van der Waals surface area contributed by atoms with Gasteiger partial charge in [0.1, 0.15) is 5.75 Å². The fourth-order valence-corrected chi connectivity index (χ4v) is 1.61. The van der Waals surface area contributed by atoms with Crippen molar-refractivity contribution >= 4 is 0 Å². The molecule has 0 unspecified atom stereocenters. The van der Waals surface area contributed by atoms with Gasteiger partial charge in [0, 0.05) is 0 Å². The van der Waals surface area contributed by atoms with Gasteiger partial charge in [0.15, 0.2) is 11.5 Å². The van der Waals surface area contributed by atoms with Crippen molar-refractivity contribution in [1.29, 1.82) is 0 Å². The van der Waals surface area contributed by atoms with Gasteiger partial charge < -0.3 is 14.9 Å². The van der Waals surface area contributed by atoms with E-state index in [4.69, 9.17) is 9.84 Å². The summed E-state index contributed by atoms with van der Waals surface area (Å²) in [5.74, 6) is 1.08. The van der Waals surface area contributed by atoms with Crippen molar-refractivity contribution < 1.29 is 14.9 Å². The van der Waals surface area contributed by atoms with Crippen LogP contribution < -0.4 is 4.74 Å². The SMILES string of the molecule is CCCc1ccc(OC)c(O)c1.Oc1ccccc1. The first kappa shape index (κ1) is 14.9. The Balaban J connectivity index is 0.000000218. The smallest absolute Gasteiger partial charge is 0.160 e. The van der Waals surface area contributed by atoms with E-state index in [1.807, 2.05) is 12.1 Å². The Hall–Kier alpha value is -2.16. The van der Waals surface area contributed by atoms with E-state index in [0.717, 1.165) is 18.4 Å². The molecular weight excluding hydrogens is 240 g/mol. The molecule has 0 heterocycles. The molecule has 0 bridgehead atoms. The molecule has 0 fully saturated rings. The van der Waals surface area contributed by atoms with Crippen LogP contribution in [-0.2, 0) is 6.42 Å². The van der Waals surface area contributed by atoms with Crippen LogP contribution in [0.3, 0.4) is 0 Å². The number of hydrogen-bond donors (Lipinski definition) is 2. The maximum Gasteiger partial charge on any atom is 0.160 e. The quantitative estimate of drug-likeness (QED) is 0.883. The number of hydrogen-bond acceptors (Lipinski definition) is 3. The molecule has 0 atom stereocenters. The van der Waals surface area contributed by atoms with Crippen molar-refractivity contribution in [3.8, 4) is 17.2 Å². The molecule has 0 spiro atoms. The molecule has 19 heavy (non-hydrogen) atoms. The molecule has 0 aliphatic heterocycles. The third-order valence-electron chi connectivity index (χ3n) is 2.54. The summed E-state index contributed by atoms with van der Waals surface area (Å²) >= 11 is 0. The summed E-state index contributed by atoms with van der Waals surface area (Å²) in [5.41, 5.74) is 1.15. The zero-order valence-electron chi connectivity index (χ0n) is 11.3. The first-order valence-electron chi connectivity index (χ1n) is 6.27. The molecule has 0 aromatic heterocycles. The Morgan fingerprint density at radius 1 is 1.00 bits per heavy atom. The fourth-order valence-electron chi connectivity index (χ4n) is 1.61. The summed E-state index contributed by atoms with van der Waals surface area (Å²) < 4.78 is 4.93. The van der Waals surface area contributed by atoms with Gasteiger partial charge in [0.25, 0.3) is 0 Å². The lowest BCUT2D eigenvalue weighted by Gasteiger charge is -2.04. The fraction of sp³-hybridized carbons (Fsp3) is 0.250. The number of phenols is 2. The van der Waals surface area contributed by atoms with Gasteiger partial charge in [-0.1, -0.05) is 37.6 Å². The Morgan fingerprint density at radius 3 is 2.11 bits per heavy atom. The number of para-hydroxylation sites is 1. The second kappa shape index (κ2) is 8.03. The Labute approximate surface area is 114 Å². The van der Waals surface area contributed by atoms with E-state index >= 15 is 0 Å². The van der Waals surface area contributed by atoms with Gasteiger partial charge in [-0.2, -0.15) is 0 Å². The van der Waals surface area contributed by atoms with Crippen molar-refractivity contribution in [3.63, 3.8) is 0 Å². The molecule has 0 amide bonds. The molecule has 0 aliphatic carbocycles. The van der Waals surface area contributed by atoms with Crippen LogP contribution in [-0.4, -0.2) is 17.3 Å². The number of aromatic hydroxyl groups is 2. The highest BCUT2D eigenvalue weighted by Gasteiger charge is 2.00. The third-order valence-corrected chi connectivity index (χ3v) is 2.54. The summed E-state index contributed by atoms with van der Waals surface area (Å²) in [6.45, 7) is 2.11. The molecule has 2 aromatic rings. The summed E-state index contributed by atoms with van der Waals surface area (Å²) in [5, 5.41) is 18.0. The maximum absolute atomic E-state index is 9.39. The number of aryl methyl sites for hydroxylation is 1. The van der Waals surface area contributed by atoms with Gasteiger partial charge in [-0.25, -0.2) is 0 Å². The van der Waals surface area contributed by atoms with Gasteiger partial charge in [-0.3, -0.25) is 0 Å². The predicted octanol–water partition coefficient (Wildman–Crippen LogP) is 3.75. The number of benzene rings is 2. The number of ether oxygens (including phenoxy) is 1. The molecule has 3 nitrogen and oxygen atoms in total. The molecule has 0 saturated heterocycles. The zero-order chi connectivity index (χ0) is 14.1. The van der Waals surface area contributed by atoms with E-state index in [1.165, 1.54) is 0 Å².